The van der Waals surface area contributed by atoms with Crippen LogP contribution in [0.1, 0.15) is 11.1 Å². The molecule has 0 atom stereocenters. The Morgan fingerprint density at radius 1 is 0.148 bits per heavy atom. The van der Waals surface area contributed by atoms with Gasteiger partial charge in [0.15, 0.2) is 0 Å². The number of aryl methyl sites for hydroxylation is 2. The molecule has 0 amide bonds. The van der Waals surface area contributed by atoms with Crippen LogP contribution in [0.2, 0.25) is 0 Å². The first kappa shape index (κ1) is 52.4. The lowest BCUT2D eigenvalue weighted by Crippen LogP contribution is -1.94. The molecule has 0 heteroatoms. The summed E-state index contributed by atoms with van der Waals surface area (Å²) in [6.45, 7) is 4.55. The molecule has 16 aromatic rings. The minimum absolute atomic E-state index is 1.15. The van der Waals surface area contributed by atoms with Crippen molar-refractivity contribution < 1.29 is 0 Å². The van der Waals surface area contributed by atoms with Gasteiger partial charge in [-0.05, 0) is 263 Å². The Kier molecular flexibility index (Phi) is 13.1. The van der Waals surface area contributed by atoms with Crippen molar-refractivity contribution in [2.24, 2.45) is 0 Å². The van der Waals surface area contributed by atoms with Crippen LogP contribution in [0, 0.1) is 13.8 Å². The van der Waals surface area contributed by atoms with Gasteiger partial charge in [0.05, 0.1) is 0 Å². The van der Waals surface area contributed by atoms with Gasteiger partial charge >= 0.3 is 0 Å². The van der Waals surface area contributed by atoms with Gasteiger partial charge in [-0.1, -0.05) is 255 Å². The largest absolute Gasteiger partial charge is 0.0622 e. The van der Waals surface area contributed by atoms with Crippen molar-refractivity contribution in [3.63, 3.8) is 0 Å². The Balaban J connectivity index is 0.940. The molecule has 88 heavy (non-hydrogen) atoms. The lowest BCUT2D eigenvalue weighted by molar-refractivity contribution is 1.41. The molecule has 0 saturated carbocycles. The molecule has 0 radical (unpaired) electrons. The van der Waals surface area contributed by atoms with Crippen LogP contribution >= 0.6 is 0 Å². The second kappa shape index (κ2) is 22.0. The molecule has 0 aliphatic carbocycles. The van der Waals surface area contributed by atoms with E-state index in [4.69, 9.17) is 0 Å². The van der Waals surface area contributed by atoms with Crippen LogP contribution in [-0.4, -0.2) is 0 Å². The van der Waals surface area contributed by atoms with Crippen molar-refractivity contribution in [2.75, 3.05) is 0 Å². The molecule has 0 bridgehead atoms. The van der Waals surface area contributed by atoms with Crippen LogP contribution < -0.4 is 0 Å². The van der Waals surface area contributed by atoms with Crippen molar-refractivity contribution in [3.8, 4) is 111 Å². The Bertz CT molecular complexity index is 5060. The fourth-order valence-corrected chi connectivity index (χ4v) is 13.9. The molecule has 0 aliphatic heterocycles. The van der Waals surface area contributed by atoms with E-state index in [2.05, 4.69) is 341 Å². The summed E-state index contributed by atoms with van der Waals surface area (Å²) in [5.74, 6) is 0. The standard InChI is InChI=1S/C88H60/c1-57-58(2)79-43-42-68(56-85(79)81-38-18-17-36-78(57)81)87-83-40-20-19-39-82(83)86(84-44-41-63-31-15-16-37-80(63)88(84)87)77-54-75(66-34-21-32-64(45-66)73-49-69(59-23-7-3-8-24-59)47-70(50-73)60-25-9-4-10-26-60)53-76(55-77)67-35-22-33-65(46-67)74-51-71(61-27-11-5-12-28-61)48-72(52-74)62-29-13-6-14-30-62/h3-56H,1-2H3. The highest BCUT2D eigenvalue weighted by Gasteiger charge is 2.22. The smallest absolute Gasteiger partial charge is 0.00141 e. The molecule has 0 spiro atoms. The van der Waals surface area contributed by atoms with Crippen LogP contribution in [0.25, 0.3) is 165 Å². The van der Waals surface area contributed by atoms with Crippen LogP contribution in [0.15, 0.2) is 328 Å². The highest BCUT2D eigenvalue weighted by molar-refractivity contribution is 6.28. The van der Waals surface area contributed by atoms with E-state index in [1.807, 2.05) is 0 Å². The lowest BCUT2D eigenvalue weighted by atomic mass is 9.82. The summed E-state index contributed by atoms with van der Waals surface area (Å²) in [6.07, 6.45) is 0. The maximum absolute atomic E-state index is 2.47. The predicted octanol–water partition coefficient (Wildman–Crippen LogP) is 24.7. The molecule has 0 heterocycles. The number of rotatable bonds is 10. The summed E-state index contributed by atoms with van der Waals surface area (Å²) in [5.41, 5.74) is 26.3. The molecular formula is C88H60. The van der Waals surface area contributed by atoms with Gasteiger partial charge in [-0.15, -0.1) is 0 Å². The monoisotopic (exact) mass is 1120 g/mol. The zero-order valence-corrected chi connectivity index (χ0v) is 49.2. The minimum atomic E-state index is 1.15. The third-order valence-electron chi connectivity index (χ3n) is 18.4. The highest BCUT2D eigenvalue weighted by Crippen LogP contribution is 2.49. The molecule has 0 fully saturated rings. The number of fused-ring (bicyclic) bond motifs is 7. The third-order valence-corrected chi connectivity index (χ3v) is 18.4. The van der Waals surface area contributed by atoms with E-state index < -0.39 is 0 Å². The third kappa shape index (κ3) is 9.44. The van der Waals surface area contributed by atoms with Crippen molar-refractivity contribution in [1.82, 2.24) is 0 Å². The van der Waals surface area contributed by atoms with Gasteiger partial charge in [-0.25, -0.2) is 0 Å². The summed E-state index contributed by atoms with van der Waals surface area (Å²) < 4.78 is 0. The fraction of sp³-hybridized carbons (Fsp3) is 0.0227. The first-order valence-electron chi connectivity index (χ1n) is 30.6. The van der Waals surface area contributed by atoms with Gasteiger partial charge < -0.3 is 0 Å². The van der Waals surface area contributed by atoms with Crippen molar-refractivity contribution in [2.45, 2.75) is 13.8 Å². The van der Waals surface area contributed by atoms with E-state index in [1.54, 1.807) is 0 Å². The average Bonchev–Trinajstić information content (AvgIpc) is 0.786. The van der Waals surface area contributed by atoms with Crippen LogP contribution in [-0.2, 0) is 0 Å². The van der Waals surface area contributed by atoms with E-state index in [1.165, 1.54) is 137 Å². The molecule has 0 unspecified atom stereocenters. The molecular weight excluding hydrogens is 1060 g/mol. The Labute approximate surface area is 514 Å². The van der Waals surface area contributed by atoms with E-state index in [0.29, 0.717) is 0 Å². The summed E-state index contributed by atoms with van der Waals surface area (Å²) >= 11 is 0. The molecule has 16 aromatic carbocycles. The summed E-state index contributed by atoms with van der Waals surface area (Å²) in [7, 11) is 0. The minimum Gasteiger partial charge on any atom is -0.0622 e. The average molecular weight is 1120 g/mol. The summed E-state index contributed by atoms with van der Waals surface area (Å²) in [5, 5.41) is 12.6. The predicted molar refractivity (Wildman–Crippen MR) is 378 cm³/mol. The zero-order valence-electron chi connectivity index (χ0n) is 49.2. The first-order chi connectivity index (χ1) is 43.4. The van der Waals surface area contributed by atoms with Crippen molar-refractivity contribution >= 4 is 53.9 Å². The SMILES string of the molecule is Cc1c(C)c2ccc(-c3c4ccccc4c(-c4cc(-c5cccc(-c6cc(-c7ccccc7)cc(-c7ccccc7)c6)c5)cc(-c5cccc(-c6cc(-c7ccccc7)cc(-c7ccccc7)c6)c5)c4)c4ccc5ccccc5c34)cc2c2ccccc12. The number of hydrogen-bond acceptors (Lipinski definition) is 0. The van der Waals surface area contributed by atoms with E-state index in [9.17, 15) is 0 Å². The Morgan fingerprint density at radius 2 is 0.455 bits per heavy atom. The van der Waals surface area contributed by atoms with E-state index in [-0.39, 0.29) is 0 Å². The summed E-state index contributed by atoms with van der Waals surface area (Å²) in [6, 6.07) is 122. The maximum Gasteiger partial charge on any atom is -0.00141 e. The number of hydrogen-bond donors (Lipinski definition) is 0. The fourth-order valence-electron chi connectivity index (χ4n) is 13.9. The molecule has 0 aromatic heterocycles. The van der Waals surface area contributed by atoms with E-state index in [0.717, 1.165) is 38.9 Å². The lowest BCUT2D eigenvalue weighted by Gasteiger charge is -2.21. The Morgan fingerprint density at radius 3 is 0.898 bits per heavy atom. The van der Waals surface area contributed by atoms with Crippen LogP contribution in [0.3, 0.4) is 0 Å². The normalized spacial score (nSPS) is 11.5. The second-order valence-electron chi connectivity index (χ2n) is 23.6. The van der Waals surface area contributed by atoms with Gasteiger partial charge in [-0.3, -0.25) is 0 Å². The van der Waals surface area contributed by atoms with Gasteiger partial charge in [0.25, 0.3) is 0 Å². The van der Waals surface area contributed by atoms with Crippen molar-refractivity contribution in [3.05, 3.63) is 339 Å². The quantitative estimate of drug-likeness (QED) is 0.0946. The van der Waals surface area contributed by atoms with Gasteiger partial charge in [0, 0.05) is 0 Å². The molecule has 0 nitrogen and oxygen atoms in total. The Hall–Kier alpha value is -11.2. The van der Waals surface area contributed by atoms with Gasteiger partial charge in [-0.2, -0.15) is 0 Å². The molecule has 0 aliphatic rings. The maximum atomic E-state index is 2.47. The zero-order chi connectivity index (χ0) is 58.7. The van der Waals surface area contributed by atoms with Gasteiger partial charge in [0.2, 0.25) is 0 Å². The van der Waals surface area contributed by atoms with Crippen molar-refractivity contribution in [1.29, 1.82) is 0 Å². The molecule has 0 N–H and O–H groups in total. The molecule has 412 valence electrons. The summed E-state index contributed by atoms with van der Waals surface area (Å²) in [4.78, 5) is 0. The van der Waals surface area contributed by atoms with E-state index >= 15 is 0 Å². The van der Waals surface area contributed by atoms with Crippen LogP contribution in [0.5, 0.6) is 0 Å². The van der Waals surface area contributed by atoms with Crippen LogP contribution in [0.4, 0.5) is 0 Å². The first-order valence-corrected chi connectivity index (χ1v) is 30.6. The van der Waals surface area contributed by atoms with Gasteiger partial charge in [0.1, 0.15) is 0 Å². The highest BCUT2D eigenvalue weighted by atomic mass is 14.3. The number of benzene rings is 16. The molecule has 16 rings (SSSR count). The topological polar surface area (TPSA) is 0 Å². The molecule has 0 saturated heterocycles. The second-order valence-corrected chi connectivity index (χ2v) is 23.6.